The molecule has 4 rings (SSSR count). The minimum atomic E-state index is -0.456. The predicted octanol–water partition coefficient (Wildman–Crippen LogP) is -0.233. The molecule has 10 heteroatoms. The number of benzene rings is 1. The number of fused-ring (bicyclic) bond motifs is 1. The number of hydrogen-bond acceptors (Lipinski definition) is 8. The molecule has 9 nitrogen and oxygen atoms in total. The number of rotatable bonds is 6. The second kappa shape index (κ2) is 9.14. The summed E-state index contributed by atoms with van der Waals surface area (Å²) in [7, 11) is 0. The van der Waals surface area contributed by atoms with Gasteiger partial charge in [0, 0.05) is 33.1 Å². The summed E-state index contributed by atoms with van der Waals surface area (Å²) in [6.07, 6.45) is -0.568. The zero-order valence-electron chi connectivity index (χ0n) is 16.3. The van der Waals surface area contributed by atoms with Crippen LogP contribution in [0, 0.1) is 0 Å². The molecule has 0 saturated carbocycles. The van der Waals surface area contributed by atoms with E-state index in [-0.39, 0.29) is 24.3 Å². The van der Waals surface area contributed by atoms with Crippen LogP contribution in [-0.2, 0) is 14.3 Å². The molecule has 3 unspecified atom stereocenters. The first kappa shape index (κ1) is 20.2. The lowest BCUT2D eigenvalue weighted by atomic mass is 10.0. The Hall–Kier alpha value is -2.11. The van der Waals surface area contributed by atoms with Crippen molar-refractivity contribution < 1.29 is 14.3 Å². The van der Waals surface area contributed by atoms with E-state index in [4.69, 9.17) is 9.72 Å². The highest BCUT2D eigenvalue weighted by Crippen LogP contribution is 2.30. The van der Waals surface area contributed by atoms with Crippen molar-refractivity contribution in [2.24, 2.45) is 0 Å². The van der Waals surface area contributed by atoms with Gasteiger partial charge in [-0.25, -0.2) is 4.98 Å². The highest BCUT2D eigenvalue weighted by molar-refractivity contribution is 7.18. The molecule has 2 amide bonds. The molecule has 0 bridgehead atoms. The summed E-state index contributed by atoms with van der Waals surface area (Å²) in [5, 5.41) is 13.6. The van der Waals surface area contributed by atoms with Gasteiger partial charge in [-0.2, -0.15) is 0 Å². The fraction of sp³-hybridized carbons (Fsp3) is 0.526. The first-order chi connectivity index (χ1) is 14.1. The van der Waals surface area contributed by atoms with E-state index >= 15 is 0 Å². The van der Waals surface area contributed by atoms with Gasteiger partial charge in [0.2, 0.25) is 11.8 Å². The molecule has 2 aliphatic heterocycles. The van der Waals surface area contributed by atoms with E-state index in [1.165, 1.54) is 18.3 Å². The number of nitrogens with one attached hydrogen (secondary N) is 4. The van der Waals surface area contributed by atoms with Crippen LogP contribution in [-0.4, -0.2) is 73.5 Å². The molecule has 29 heavy (non-hydrogen) atoms. The van der Waals surface area contributed by atoms with Gasteiger partial charge in [-0.1, -0.05) is 12.1 Å². The van der Waals surface area contributed by atoms with Crippen molar-refractivity contribution >= 4 is 33.4 Å². The molecule has 0 spiro atoms. The van der Waals surface area contributed by atoms with Gasteiger partial charge >= 0.3 is 0 Å². The molecule has 2 fully saturated rings. The van der Waals surface area contributed by atoms with Crippen LogP contribution < -0.4 is 21.3 Å². The lowest BCUT2D eigenvalue weighted by molar-refractivity contribution is -0.131. The summed E-state index contributed by atoms with van der Waals surface area (Å²) in [5.74, 6) is -0.589. The Morgan fingerprint density at radius 3 is 2.86 bits per heavy atom. The number of nitrogens with zero attached hydrogens (tertiary/aromatic N) is 2. The Morgan fingerprint density at radius 2 is 2.10 bits per heavy atom. The van der Waals surface area contributed by atoms with Crippen LogP contribution in [0.15, 0.2) is 24.3 Å². The van der Waals surface area contributed by atoms with Gasteiger partial charge in [0.25, 0.3) is 0 Å². The third kappa shape index (κ3) is 4.73. The Labute approximate surface area is 173 Å². The fourth-order valence-corrected chi connectivity index (χ4v) is 4.74. The zero-order valence-corrected chi connectivity index (χ0v) is 17.1. The number of aromatic nitrogens is 1. The maximum Gasteiger partial charge on any atom is 0.235 e. The molecule has 3 heterocycles. The monoisotopic (exact) mass is 418 g/mol. The summed E-state index contributed by atoms with van der Waals surface area (Å²) in [5.41, 5.74) is 0.896. The molecule has 2 saturated heterocycles. The minimum absolute atomic E-state index is 0.0590. The molecule has 3 atom stereocenters. The summed E-state index contributed by atoms with van der Waals surface area (Å²) in [4.78, 5) is 31.1. The van der Waals surface area contributed by atoms with Crippen LogP contribution >= 0.6 is 11.3 Å². The lowest BCUT2D eigenvalue weighted by Crippen LogP contribution is -2.70. The Kier molecular flexibility index (Phi) is 6.36. The Balaban J connectivity index is 1.53. The van der Waals surface area contributed by atoms with Crippen LogP contribution in [0.5, 0.6) is 0 Å². The van der Waals surface area contributed by atoms with Crippen LogP contribution in [0.4, 0.5) is 0 Å². The van der Waals surface area contributed by atoms with E-state index in [1.54, 1.807) is 0 Å². The third-order valence-electron chi connectivity index (χ3n) is 5.08. The molecular weight excluding hydrogens is 392 g/mol. The topological polar surface area (TPSA) is 108 Å². The molecule has 2 aliphatic rings. The number of thiazole rings is 1. The van der Waals surface area contributed by atoms with Crippen LogP contribution in [0.25, 0.3) is 10.2 Å². The summed E-state index contributed by atoms with van der Waals surface area (Å²) < 4.78 is 6.48. The normalized spacial score (nSPS) is 25.7. The van der Waals surface area contributed by atoms with Crippen molar-refractivity contribution in [3.05, 3.63) is 29.3 Å². The number of carbonyl (C=O) groups is 2. The molecular formula is C19H26N6O3S. The van der Waals surface area contributed by atoms with Crippen molar-refractivity contribution in [2.75, 3.05) is 39.4 Å². The largest absolute Gasteiger partial charge is 0.379 e. The lowest BCUT2D eigenvalue weighted by Gasteiger charge is -2.43. The molecule has 1 aromatic carbocycles. The molecule has 0 radical (unpaired) electrons. The van der Waals surface area contributed by atoms with E-state index in [0.29, 0.717) is 26.3 Å². The maximum absolute atomic E-state index is 13.1. The number of para-hydroxylation sites is 1. The summed E-state index contributed by atoms with van der Waals surface area (Å²) in [6.45, 7) is 5.33. The Morgan fingerprint density at radius 1 is 1.31 bits per heavy atom. The van der Waals surface area contributed by atoms with Crippen molar-refractivity contribution in [1.29, 1.82) is 0 Å². The number of ether oxygens (including phenoxy) is 1. The number of hydrogen-bond donors (Lipinski definition) is 4. The van der Waals surface area contributed by atoms with Gasteiger partial charge in [-0.05, 0) is 12.1 Å². The first-order valence-corrected chi connectivity index (χ1v) is 10.6. The molecule has 156 valence electrons. The van der Waals surface area contributed by atoms with Gasteiger partial charge in [-0.15, -0.1) is 11.3 Å². The van der Waals surface area contributed by atoms with Gasteiger partial charge in [-0.3, -0.25) is 25.1 Å². The highest BCUT2D eigenvalue weighted by Gasteiger charge is 2.40. The standard InChI is InChI=1S/C19H26N6O3S/c1-12(26)20-6-7-21-16-15(18-22-13-4-2-3-5-14(13)29-18)17(27)24-19(23-16)25-8-10-28-11-9-25/h2-5,15-16,19,21,23H,6-11H2,1H3,(H,20,26)(H,24,27). The van der Waals surface area contributed by atoms with Gasteiger partial charge in [0.1, 0.15) is 17.2 Å². The van der Waals surface area contributed by atoms with E-state index in [9.17, 15) is 9.59 Å². The van der Waals surface area contributed by atoms with Crippen LogP contribution in [0.2, 0.25) is 0 Å². The quantitative estimate of drug-likeness (QED) is 0.480. The molecule has 2 aromatic rings. The third-order valence-corrected chi connectivity index (χ3v) is 6.20. The molecule has 1 aromatic heterocycles. The Bertz CT molecular complexity index is 836. The van der Waals surface area contributed by atoms with Crippen molar-refractivity contribution in [3.63, 3.8) is 0 Å². The van der Waals surface area contributed by atoms with Crippen LogP contribution in [0.3, 0.4) is 0 Å². The van der Waals surface area contributed by atoms with Gasteiger partial charge in [0.05, 0.1) is 29.6 Å². The van der Waals surface area contributed by atoms with Crippen molar-refractivity contribution in [3.8, 4) is 0 Å². The van der Waals surface area contributed by atoms with E-state index in [1.807, 2.05) is 24.3 Å². The van der Waals surface area contributed by atoms with Crippen LogP contribution in [0.1, 0.15) is 17.8 Å². The average molecular weight is 419 g/mol. The van der Waals surface area contributed by atoms with Gasteiger partial charge in [0.15, 0.2) is 0 Å². The van der Waals surface area contributed by atoms with E-state index in [0.717, 1.165) is 28.3 Å². The van der Waals surface area contributed by atoms with Gasteiger partial charge < -0.3 is 15.4 Å². The minimum Gasteiger partial charge on any atom is -0.379 e. The van der Waals surface area contributed by atoms with Crippen molar-refractivity contribution in [1.82, 2.24) is 31.2 Å². The smallest absolute Gasteiger partial charge is 0.235 e. The average Bonchev–Trinajstić information content (AvgIpc) is 3.15. The summed E-state index contributed by atoms with van der Waals surface area (Å²) in [6, 6.07) is 7.89. The maximum atomic E-state index is 13.1. The second-order valence-electron chi connectivity index (χ2n) is 7.14. The fourth-order valence-electron chi connectivity index (χ4n) is 3.64. The number of carbonyl (C=O) groups excluding carboxylic acids is 2. The second-order valence-corrected chi connectivity index (χ2v) is 8.20. The van der Waals surface area contributed by atoms with Crippen molar-refractivity contribution in [2.45, 2.75) is 25.3 Å². The summed E-state index contributed by atoms with van der Waals surface area (Å²) >= 11 is 1.54. The SMILES string of the molecule is CC(=O)NCCNC1NC(N2CCOCC2)NC(=O)C1c1nc2ccccc2s1. The first-order valence-electron chi connectivity index (χ1n) is 9.83. The predicted molar refractivity (Wildman–Crippen MR) is 110 cm³/mol. The highest BCUT2D eigenvalue weighted by atomic mass is 32.1. The van der Waals surface area contributed by atoms with E-state index < -0.39 is 5.92 Å². The number of morpholine rings is 1. The molecule has 4 N–H and O–H groups in total. The number of amides is 2. The van der Waals surface area contributed by atoms with E-state index in [2.05, 4.69) is 26.2 Å². The molecule has 0 aliphatic carbocycles. The zero-order chi connectivity index (χ0) is 20.2.